The Kier molecular flexibility index (Phi) is 4.89. The highest BCUT2D eigenvalue weighted by Gasteiger charge is 2.12. The molecule has 0 fully saturated rings. The minimum absolute atomic E-state index is 0.241. The Morgan fingerprint density at radius 2 is 1.43 bits per heavy atom. The molecule has 0 N–H and O–H groups in total. The van der Waals surface area contributed by atoms with Gasteiger partial charge in [0.15, 0.2) is 0 Å². The molecule has 0 saturated heterocycles. The van der Waals surface area contributed by atoms with E-state index in [1.54, 1.807) is 18.3 Å². The number of para-hydroxylation sites is 1. The molecule has 0 atom stereocenters. The number of aliphatic imine (C=N–C) groups is 1. The van der Waals surface area contributed by atoms with Crippen molar-refractivity contribution in [1.29, 1.82) is 0 Å². The van der Waals surface area contributed by atoms with Gasteiger partial charge in [0.2, 0.25) is 0 Å². The van der Waals surface area contributed by atoms with Crippen molar-refractivity contribution in [3.8, 4) is 0 Å². The lowest BCUT2D eigenvalue weighted by molar-refractivity contribution is 0.626. The van der Waals surface area contributed by atoms with E-state index in [9.17, 15) is 4.39 Å². The van der Waals surface area contributed by atoms with Crippen LogP contribution in [0.4, 0.5) is 10.1 Å². The molecule has 0 unspecified atom stereocenters. The standard InChI is InChI=1S/C19H22FN/c1-13(2)16-9-7-10-17(14(3)4)19(16)21-12-15-8-5-6-11-18(15)20/h5-14H,1-4H3. The highest BCUT2D eigenvalue weighted by atomic mass is 19.1. The highest BCUT2D eigenvalue weighted by molar-refractivity contribution is 5.83. The first kappa shape index (κ1) is 15.4. The van der Waals surface area contributed by atoms with Gasteiger partial charge in [-0.2, -0.15) is 0 Å². The van der Waals surface area contributed by atoms with E-state index in [1.807, 2.05) is 6.07 Å². The zero-order valence-electron chi connectivity index (χ0n) is 13.1. The van der Waals surface area contributed by atoms with Crippen LogP contribution in [0, 0.1) is 5.82 Å². The molecule has 110 valence electrons. The zero-order valence-corrected chi connectivity index (χ0v) is 13.1. The van der Waals surface area contributed by atoms with E-state index < -0.39 is 0 Å². The van der Waals surface area contributed by atoms with Crippen molar-refractivity contribution in [2.75, 3.05) is 0 Å². The Morgan fingerprint density at radius 1 is 0.857 bits per heavy atom. The smallest absolute Gasteiger partial charge is 0.131 e. The summed E-state index contributed by atoms with van der Waals surface area (Å²) in [5.74, 6) is 0.530. The molecule has 1 nitrogen and oxygen atoms in total. The molecular formula is C19H22FN. The molecule has 0 amide bonds. The van der Waals surface area contributed by atoms with Gasteiger partial charge in [-0.25, -0.2) is 4.39 Å². The van der Waals surface area contributed by atoms with Crippen molar-refractivity contribution < 1.29 is 4.39 Å². The van der Waals surface area contributed by atoms with Gasteiger partial charge in [-0.3, -0.25) is 4.99 Å². The Hall–Kier alpha value is -1.96. The third-order valence-electron chi connectivity index (χ3n) is 3.58. The van der Waals surface area contributed by atoms with Gasteiger partial charge < -0.3 is 0 Å². The molecule has 2 rings (SSSR count). The number of rotatable bonds is 4. The molecule has 21 heavy (non-hydrogen) atoms. The van der Waals surface area contributed by atoms with Gasteiger partial charge in [0.05, 0.1) is 5.69 Å². The van der Waals surface area contributed by atoms with Gasteiger partial charge >= 0.3 is 0 Å². The Labute approximate surface area is 126 Å². The number of hydrogen-bond acceptors (Lipinski definition) is 1. The van der Waals surface area contributed by atoms with Crippen LogP contribution in [0.2, 0.25) is 0 Å². The summed E-state index contributed by atoms with van der Waals surface area (Å²) >= 11 is 0. The van der Waals surface area contributed by atoms with E-state index >= 15 is 0 Å². The van der Waals surface area contributed by atoms with E-state index in [1.165, 1.54) is 17.2 Å². The molecule has 0 radical (unpaired) electrons. The molecule has 0 aliphatic carbocycles. The summed E-state index contributed by atoms with van der Waals surface area (Å²) in [4.78, 5) is 4.61. The van der Waals surface area contributed by atoms with Crippen molar-refractivity contribution in [3.05, 3.63) is 65.0 Å². The van der Waals surface area contributed by atoms with E-state index in [0.717, 1.165) is 5.69 Å². The summed E-state index contributed by atoms with van der Waals surface area (Å²) in [6, 6.07) is 13.0. The first-order valence-corrected chi connectivity index (χ1v) is 7.42. The maximum absolute atomic E-state index is 13.7. The van der Waals surface area contributed by atoms with Crippen molar-refractivity contribution in [3.63, 3.8) is 0 Å². The van der Waals surface area contributed by atoms with Gasteiger partial charge in [0.25, 0.3) is 0 Å². The summed E-state index contributed by atoms with van der Waals surface area (Å²) < 4.78 is 13.7. The van der Waals surface area contributed by atoms with Crippen LogP contribution >= 0.6 is 0 Å². The Bertz CT molecular complexity index is 616. The third kappa shape index (κ3) is 3.57. The monoisotopic (exact) mass is 283 g/mol. The van der Waals surface area contributed by atoms with Crippen LogP contribution in [0.1, 0.15) is 56.2 Å². The van der Waals surface area contributed by atoms with Crippen LogP contribution in [-0.2, 0) is 0 Å². The van der Waals surface area contributed by atoms with Crippen LogP contribution in [0.15, 0.2) is 47.5 Å². The topological polar surface area (TPSA) is 12.4 Å². The van der Waals surface area contributed by atoms with E-state index in [2.05, 4.69) is 50.9 Å². The van der Waals surface area contributed by atoms with Crippen LogP contribution in [0.3, 0.4) is 0 Å². The molecule has 2 aromatic rings. The summed E-state index contributed by atoms with van der Waals surface area (Å²) in [5.41, 5.74) is 3.90. The molecule has 2 heteroatoms. The van der Waals surface area contributed by atoms with Gasteiger partial charge in [-0.05, 0) is 29.0 Å². The average Bonchev–Trinajstić information content (AvgIpc) is 2.45. The minimum atomic E-state index is -0.241. The molecule has 2 aromatic carbocycles. The first-order valence-electron chi connectivity index (χ1n) is 7.42. The van der Waals surface area contributed by atoms with Crippen LogP contribution in [-0.4, -0.2) is 6.21 Å². The normalized spacial score (nSPS) is 11.8. The SMILES string of the molecule is CC(C)c1cccc(C(C)C)c1N=Cc1ccccc1F. The second-order valence-corrected chi connectivity index (χ2v) is 5.87. The second kappa shape index (κ2) is 6.66. The number of hydrogen-bond donors (Lipinski definition) is 0. The first-order chi connectivity index (χ1) is 10.0. The third-order valence-corrected chi connectivity index (χ3v) is 3.58. The average molecular weight is 283 g/mol. The molecule has 0 heterocycles. The Morgan fingerprint density at radius 3 is 1.95 bits per heavy atom. The molecule has 0 saturated carbocycles. The van der Waals surface area contributed by atoms with Gasteiger partial charge in [-0.15, -0.1) is 0 Å². The van der Waals surface area contributed by atoms with Crippen LogP contribution in [0.25, 0.3) is 0 Å². The highest BCUT2D eigenvalue weighted by Crippen LogP contribution is 2.34. The van der Waals surface area contributed by atoms with Gasteiger partial charge in [0, 0.05) is 11.8 Å². The summed E-state index contributed by atoms with van der Waals surface area (Å²) in [5, 5.41) is 0. The fourth-order valence-electron chi connectivity index (χ4n) is 2.37. The maximum atomic E-state index is 13.7. The number of nitrogens with zero attached hydrogens (tertiary/aromatic N) is 1. The minimum Gasteiger partial charge on any atom is -0.256 e. The van der Waals surface area contributed by atoms with Gasteiger partial charge in [0.1, 0.15) is 5.82 Å². The molecule has 0 aliphatic rings. The van der Waals surface area contributed by atoms with E-state index in [4.69, 9.17) is 0 Å². The van der Waals surface area contributed by atoms with Crippen LogP contribution < -0.4 is 0 Å². The largest absolute Gasteiger partial charge is 0.256 e. The predicted octanol–water partition coefficient (Wildman–Crippen LogP) is 5.82. The summed E-state index contributed by atoms with van der Waals surface area (Å²) in [6.07, 6.45) is 1.63. The zero-order chi connectivity index (χ0) is 15.4. The maximum Gasteiger partial charge on any atom is 0.131 e. The molecule has 0 aliphatic heterocycles. The summed E-state index contributed by atoms with van der Waals surface area (Å²) in [6.45, 7) is 8.62. The molecule has 0 aromatic heterocycles. The Balaban J connectivity index is 2.49. The van der Waals surface area contributed by atoms with Crippen molar-refractivity contribution in [1.82, 2.24) is 0 Å². The quantitative estimate of drug-likeness (QED) is 0.627. The summed E-state index contributed by atoms with van der Waals surface area (Å²) in [7, 11) is 0. The van der Waals surface area contributed by atoms with Crippen LogP contribution in [0.5, 0.6) is 0 Å². The van der Waals surface area contributed by atoms with Crippen molar-refractivity contribution >= 4 is 11.9 Å². The molecular weight excluding hydrogens is 261 g/mol. The van der Waals surface area contributed by atoms with Crippen molar-refractivity contribution in [2.45, 2.75) is 39.5 Å². The second-order valence-electron chi connectivity index (χ2n) is 5.87. The van der Waals surface area contributed by atoms with E-state index in [0.29, 0.717) is 17.4 Å². The fourth-order valence-corrected chi connectivity index (χ4v) is 2.37. The molecule has 0 spiro atoms. The van der Waals surface area contributed by atoms with E-state index in [-0.39, 0.29) is 5.82 Å². The fraction of sp³-hybridized carbons (Fsp3) is 0.316. The lowest BCUT2D eigenvalue weighted by Crippen LogP contribution is -1.96. The predicted molar refractivity (Wildman–Crippen MR) is 88.3 cm³/mol. The molecule has 0 bridgehead atoms. The lowest BCUT2D eigenvalue weighted by Gasteiger charge is -2.16. The number of halogens is 1. The number of benzene rings is 2. The van der Waals surface area contributed by atoms with Crippen molar-refractivity contribution in [2.24, 2.45) is 4.99 Å². The lowest BCUT2D eigenvalue weighted by atomic mass is 9.93. The van der Waals surface area contributed by atoms with Gasteiger partial charge in [-0.1, -0.05) is 64.1 Å².